The number of thiol groups is 1. The normalized spacial score (nSPS) is 20.6. The number of nitrogens with zero attached hydrogens (tertiary/aromatic N) is 1. The van der Waals surface area contributed by atoms with Gasteiger partial charge in [-0.2, -0.15) is 12.6 Å². The first-order valence-corrected chi connectivity index (χ1v) is 5.85. The van der Waals surface area contributed by atoms with Crippen molar-refractivity contribution in [1.29, 1.82) is 0 Å². The minimum Gasteiger partial charge on any atom is -0.337 e. The predicted molar refractivity (Wildman–Crippen MR) is 64.2 cm³/mol. The lowest BCUT2D eigenvalue weighted by Crippen LogP contribution is -2.24. The number of carbonyl (C=O) groups excluding carboxylic acids is 1. The average Bonchev–Trinajstić information content (AvgIpc) is 2.51. The van der Waals surface area contributed by atoms with Crippen molar-refractivity contribution in [3.8, 4) is 0 Å². The molecule has 86 valence electrons. The molecule has 2 nitrogen and oxygen atoms in total. The molecule has 0 saturated carbocycles. The summed E-state index contributed by atoms with van der Waals surface area (Å²) in [6.07, 6.45) is 0.470. The van der Waals surface area contributed by atoms with Gasteiger partial charge in [0, 0.05) is 24.8 Å². The molecule has 1 aliphatic heterocycles. The Bertz CT molecular complexity index is 426. The molecule has 0 radical (unpaired) electrons. The fraction of sp³-hybridized carbons (Fsp3) is 0.364. The zero-order chi connectivity index (χ0) is 11.7. The molecule has 1 fully saturated rings. The van der Waals surface area contributed by atoms with Crippen LogP contribution < -0.4 is 0 Å². The van der Waals surface area contributed by atoms with Gasteiger partial charge in [-0.3, -0.25) is 4.79 Å². The van der Waals surface area contributed by atoms with Crippen molar-refractivity contribution in [3.63, 3.8) is 0 Å². The zero-order valence-electron chi connectivity index (χ0n) is 8.49. The average molecular weight is 260 g/mol. The van der Waals surface area contributed by atoms with E-state index in [1.807, 2.05) is 0 Å². The maximum absolute atomic E-state index is 12.9. The second kappa shape index (κ2) is 4.63. The minimum atomic E-state index is -0.440. The Kier molecular flexibility index (Phi) is 3.40. The molecule has 2 rings (SSSR count). The summed E-state index contributed by atoms with van der Waals surface area (Å²) in [5, 5.41) is 0.190. The SMILES string of the molecule is O=C1CC(S)CN1Cc1ccc(F)c(Cl)c1. The minimum absolute atomic E-state index is 0.0837. The lowest BCUT2D eigenvalue weighted by atomic mass is 10.2. The van der Waals surface area contributed by atoms with Gasteiger partial charge < -0.3 is 4.90 Å². The van der Waals surface area contributed by atoms with Gasteiger partial charge in [0.05, 0.1) is 5.02 Å². The monoisotopic (exact) mass is 259 g/mol. The predicted octanol–water partition coefficient (Wildman–Crippen LogP) is 2.51. The molecule has 1 unspecified atom stereocenters. The summed E-state index contributed by atoms with van der Waals surface area (Å²) < 4.78 is 12.9. The molecule has 0 aromatic heterocycles. The second-order valence-electron chi connectivity index (χ2n) is 3.88. The van der Waals surface area contributed by atoms with Crippen LogP contribution in [0.1, 0.15) is 12.0 Å². The Balaban J connectivity index is 2.09. The van der Waals surface area contributed by atoms with E-state index < -0.39 is 5.82 Å². The molecule has 1 amide bonds. The van der Waals surface area contributed by atoms with Crippen LogP contribution in [0.2, 0.25) is 5.02 Å². The Labute approximate surface area is 104 Å². The third-order valence-electron chi connectivity index (χ3n) is 2.55. The topological polar surface area (TPSA) is 20.3 Å². The van der Waals surface area contributed by atoms with Crippen molar-refractivity contribution < 1.29 is 9.18 Å². The third kappa shape index (κ3) is 2.50. The smallest absolute Gasteiger partial charge is 0.224 e. The number of amides is 1. The maximum atomic E-state index is 12.9. The van der Waals surface area contributed by atoms with Crippen molar-refractivity contribution in [2.75, 3.05) is 6.54 Å². The fourth-order valence-electron chi connectivity index (χ4n) is 1.76. The number of likely N-dealkylation sites (tertiary alicyclic amines) is 1. The van der Waals surface area contributed by atoms with Gasteiger partial charge in [-0.25, -0.2) is 4.39 Å². The molecular formula is C11H11ClFNOS. The van der Waals surface area contributed by atoms with Gasteiger partial charge in [0.25, 0.3) is 0 Å². The van der Waals surface area contributed by atoms with Crippen LogP contribution in [0.5, 0.6) is 0 Å². The lowest BCUT2D eigenvalue weighted by molar-refractivity contribution is -0.128. The molecular weight excluding hydrogens is 249 g/mol. The van der Waals surface area contributed by atoms with Crippen LogP contribution in [0.3, 0.4) is 0 Å². The van der Waals surface area contributed by atoms with Crippen LogP contribution in [-0.4, -0.2) is 22.6 Å². The molecule has 16 heavy (non-hydrogen) atoms. The first-order valence-electron chi connectivity index (χ1n) is 4.96. The van der Waals surface area contributed by atoms with Crippen LogP contribution in [0.4, 0.5) is 4.39 Å². The Hall–Kier alpha value is -0.740. The zero-order valence-corrected chi connectivity index (χ0v) is 10.1. The van der Waals surface area contributed by atoms with E-state index in [0.29, 0.717) is 19.5 Å². The number of halogens is 2. The van der Waals surface area contributed by atoms with Crippen LogP contribution in [-0.2, 0) is 11.3 Å². The maximum Gasteiger partial charge on any atom is 0.224 e. The van der Waals surface area contributed by atoms with E-state index in [2.05, 4.69) is 12.6 Å². The number of hydrogen-bond donors (Lipinski definition) is 1. The highest BCUT2D eigenvalue weighted by molar-refractivity contribution is 7.81. The molecule has 0 aliphatic carbocycles. The van der Waals surface area contributed by atoms with Gasteiger partial charge in [-0.05, 0) is 17.7 Å². The molecule has 0 N–H and O–H groups in total. The first-order chi connectivity index (χ1) is 7.56. The van der Waals surface area contributed by atoms with Crippen molar-refractivity contribution in [1.82, 2.24) is 4.90 Å². The van der Waals surface area contributed by atoms with Gasteiger partial charge in [0.15, 0.2) is 0 Å². The summed E-state index contributed by atoms with van der Waals surface area (Å²) in [6.45, 7) is 1.10. The quantitative estimate of drug-likeness (QED) is 0.810. The van der Waals surface area contributed by atoms with Crippen LogP contribution in [0.25, 0.3) is 0 Å². The summed E-state index contributed by atoms with van der Waals surface area (Å²) in [5.74, 6) is -0.356. The van der Waals surface area contributed by atoms with Gasteiger partial charge in [0.1, 0.15) is 5.82 Å². The van der Waals surface area contributed by atoms with E-state index in [-0.39, 0.29) is 16.2 Å². The molecule has 1 aromatic rings. The standard InChI is InChI=1S/C11H11ClFNOS/c12-9-3-7(1-2-10(9)13)5-14-6-8(16)4-11(14)15/h1-3,8,16H,4-6H2. The van der Waals surface area contributed by atoms with Crippen molar-refractivity contribution in [2.24, 2.45) is 0 Å². The third-order valence-corrected chi connectivity index (χ3v) is 3.19. The largest absolute Gasteiger partial charge is 0.337 e. The molecule has 1 atom stereocenters. The second-order valence-corrected chi connectivity index (χ2v) is 5.02. The molecule has 1 aliphatic rings. The Morgan fingerprint density at radius 1 is 1.56 bits per heavy atom. The molecule has 0 bridgehead atoms. The van der Waals surface area contributed by atoms with Crippen molar-refractivity contribution >= 4 is 30.1 Å². The summed E-state index contributed by atoms with van der Waals surface area (Å²) >= 11 is 9.94. The van der Waals surface area contributed by atoms with E-state index in [1.165, 1.54) is 6.07 Å². The number of carbonyl (C=O) groups is 1. The summed E-state index contributed by atoms with van der Waals surface area (Å²) in [6, 6.07) is 4.51. The van der Waals surface area contributed by atoms with Gasteiger partial charge in [-0.15, -0.1) is 0 Å². The highest BCUT2D eigenvalue weighted by Crippen LogP contribution is 2.21. The molecule has 1 heterocycles. The van der Waals surface area contributed by atoms with Gasteiger partial charge in [0.2, 0.25) is 5.91 Å². The summed E-state index contributed by atoms with van der Waals surface area (Å²) in [4.78, 5) is 13.2. The van der Waals surface area contributed by atoms with Crippen LogP contribution >= 0.6 is 24.2 Å². The van der Waals surface area contributed by atoms with E-state index >= 15 is 0 Å². The van der Waals surface area contributed by atoms with Crippen molar-refractivity contribution in [3.05, 3.63) is 34.6 Å². The van der Waals surface area contributed by atoms with E-state index in [4.69, 9.17) is 11.6 Å². The number of benzene rings is 1. The number of rotatable bonds is 2. The molecule has 1 aromatic carbocycles. The van der Waals surface area contributed by atoms with Crippen LogP contribution in [0.15, 0.2) is 18.2 Å². The lowest BCUT2D eigenvalue weighted by Gasteiger charge is -2.16. The van der Waals surface area contributed by atoms with Gasteiger partial charge >= 0.3 is 0 Å². The van der Waals surface area contributed by atoms with Crippen LogP contribution in [0, 0.1) is 5.82 Å². The number of hydrogen-bond acceptors (Lipinski definition) is 2. The Morgan fingerprint density at radius 3 is 2.88 bits per heavy atom. The fourth-order valence-corrected chi connectivity index (χ4v) is 2.32. The molecule has 0 spiro atoms. The van der Waals surface area contributed by atoms with E-state index in [0.717, 1.165) is 5.56 Å². The molecule has 1 saturated heterocycles. The van der Waals surface area contributed by atoms with E-state index in [9.17, 15) is 9.18 Å². The summed E-state index contributed by atoms with van der Waals surface area (Å²) in [5.41, 5.74) is 0.835. The first kappa shape index (κ1) is 11.7. The van der Waals surface area contributed by atoms with Crippen molar-refractivity contribution in [2.45, 2.75) is 18.2 Å². The highest BCUT2D eigenvalue weighted by atomic mass is 35.5. The Morgan fingerprint density at radius 2 is 2.31 bits per heavy atom. The molecule has 5 heteroatoms. The summed E-state index contributed by atoms with van der Waals surface area (Å²) in [7, 11) is 0. The van der Waals surface area contributed by atoms with Gasteiger partial charge in [-0.1, -0.05) is 17.7 Å². The van der Waals surface area contributed by atoms with E-state index in [1.54, 1.807) is 17.0 Å². The highest BCUT2D eigenvalue weighted by Gasteiger charge is 2.26.